The predicted octanol–water partition coefficient (Wildman–Crippen LogP) is 8.27. The van der Waals surface area contributed by atoms with E-state index >= 15 is 0 Å². The number of rotatable bonds is 14. The first-order valence-corrected chi connectivity index (χ1v) is 16.5. The molecular formula is C35H43F2IN4O2. The van der Waals surface area contributed by atoms with Crippen molar-refractivity contribution >= 4 is 56.0 Å². The third kappa shape index (κ3) is 9.55. The Bertz CT molecular complexity index is 1450. The van der Waals surface area contributed by atoms with Crippen LogP contribution in [-0.4, -0.2) is 70.6 Å². The van der Waals surface area contributed by atoms with Gasteiger partial charge in [-0.25, -0.2) is 8.78 Å². The van der Waals surface area contributed by atoms with Gasteiger partial charge in [-0.15, -0.1) is 0 Å². The van der Waals surface area contributed by atoms with E-state index in [1.807, 2.05) is 13.0 Å². The maximum Gasteiger partial charge on any atom is 0.165 e. The molecule has 2 heterocycles. The summed E-state index contributed by atoms with van der Waals surface area (Å²) >= 11 is 2.11. The van der Waals surface area contributed by atoms with Gasteiger partial charge in [0.05, 0.1) is 11.0 Å². The van der Waals surface area contributed by atoms with Crippen LogP contribution < -0.4 is 0 Å². The normalized spacial score (nSPS) is 11.3. The average molecular weight is 715 g/mol. The second-order valence-corrected chi connectivity index (χ2v) is 12.0. The van der Waals surface area contributed by atoms with Crippen molar-refractivity contribution in [2.45, 2.75) is 60.3 Å². The van der Waals surface area contributed by atoms with Crippen LogP contribution in [0.1, 0.15) is 79.7 Å². The largest absolute Gasteiger partial charge is 0.304 e. The number of carbonyl (C=O) groups excluding carboxylic acids is 2. The molecule has 0 N–H and O–H groups in total. The number of ketones is 2. The first-order chi connectivity index (χ1) is 21.1. The molecule has 0 aliphatic heterocycles. The molecule has 236 valence electrons. The average Bonchev–Trinajstić information content (AvgIpc) is 3.02. The summed E-state index contributed by atoms with van der Waals surface area (Å²) in [5.41, 5.74) is 2.88. The highest BCUT2D eigenvalue weighted by Crippen LogP contribution is 2.25. The standard InChI is InChI=1S/C18H23FN2O.C17H20FIN2O/c1-4-21(5-2)10-6-7-17(22)15-12-13(3)11-14-16(19)8-9-20-18(14)15;1-3-21(4-2)9-5-6-16(22)14-11-12(19)10-13-15(18)7-8-20-17(13)14/h8-9,11-12H,4-7,10H2,1-3H3;7-8,10-11H,3-6,9H2,1-2H3/i;19-2. The number of benzene rings is 2. The molecule has 44 heavy (non-hydrogen) atoms. The van der Waals surface area contributed by atoms with Crippen LogP contribution >= 0.6 is 22.6 Å². The van der Waals surface area contributed by atoms with Gasteiger partial charge in [-0.2, -0.15) is 0 Å². The molecule has 0 atom stereocenters. The number of aryl methyl sites for hydroxylation is 1. The lowest BCUT2D eigenvalue weighted by atomic mass is 10.00. The summed E-state index contributed by atoms with van der Waals surface area (Å²) in [5.74, 6) is -0.584. The number of carbonyl (C=O) groups is 2. The van der Waals surface area contributed by atoms with Crippen LogP contribution in [0.25, 0.3) is 21.8 Å². The van der Waals surface area contributed by atoms with Crippen molar-refractivity contribution in [3.63, 3.8) is 0 Å². The molecule has 0 unspecified atom stereocenters. The second kappa shape index (κ2) is 17.6. The van der Waals surface area contributed by atoms with E-state index in [0.29, 0.717) is 45.8 Å². The van der Waals surface area contributed by atoms with Gasteiger partial charge in [-0.3, -0.25) is 19.6 Å². The van der Waals surface area contributed by atoms with Gasteiger partial charge < -0.3 is 9.80 Å². The predicted molar refractivity (Wildman–Crippen MR) is 184 cm³/mol. The number of pyridine rings is 2. The highest BCUT2D eigenvalue weighted by atomic mass is 125. The maximum absolute atomic E-state index is 13.9. The van der Waals surface area contributed by atoms with E-state index in [-0.39, 0.29) is 23.2 Å². The molecule has 0 aliphatic rings. The van der Waals surface area contributed by atoms with E-state index in [2.05, 4.69) is 70.1 Å². The minimum Gasteiger partial charge on any atom is -0.304 e. The number of halogens is 3. The van der Waals surface area contributed by atoms with Crippen LogP contribution in [0.15, 0.2) is 48.8 Å². The molecule has 4 rings (SSSR count). The van der Waals surface area contributed by atoms with Gasteiger partial charge >= 0.3 is 0 Å². The van der Waals surface area contributed by atoms with E-state index < -0.39 is 0 Å². The van der Waals surface area contributed by atoms with Gasteiger partial charge in [0.2, 0.25) is 0 Å². The molecule has 0 fully saturated rings. The minimum atomic E-state index is -0.333. The lowest BCUT2D eigenvalue weighted by Crippen LogP contribution is -2.24. The summed E-state index contributed by atoms with van der Waals surface area (Å²) in [6.07, 6.45) is 5.38. The SMILES string of the molecule is CCN(CC)CCCC(=O)c1cc(C)cc2c(F)ccnc12.CCN(CC)CCCC(=O)c1cc([125I])cc2c(F)ccnc12. The fraction of sp³-hybridized carbons (Fsp3) is 0.429. The molecule has 0 aliphatic carbocycles. The Labute approximate surface area is 273 Å². The van der Waals surface area contributed by atoms with E-state index in [4.69, 9.17) is 0 Å². The number of fused-ring (bicyclic) bond motifs is 2. The van der Waals surface area contributed by atoms with Gasteiger partial charge in [0.25, 0.3) is 0 Å². The number of hydrogen-bond donors (Lipinski definition) is 0. The van der Waals surface area contributed by atoms with E-state index in [9.17, 15) is 18.4 Å². The third-order valence-electron chi connectivity index (χ3n) is 7.84. The fourth-order valence-electron chi connectivity index (χ4n) is 5.25. The summed E-state index contributed by atoms with van der Waals surface area (Å²) < 4.78 is 28.6. The number of nitrogens with zero attached hydrogens (tertiary/aromatic N) is 4. The van der Waals surface area contributed by atoms with Crippen molar-refractivity contribution < 1.29 is 18.4 Å². The quantitative estimate of drug-likeness (QED) is 0.0969. The molecule has 0 spiro atoms. The lowest BCUT2D eigenvalue weighted by Gasteiger charge is -2.17. The summed E-state index contributed by atoms with van der Waals surface area (Å²) in [4.78, 5) is 38.0. The zero-order valence-electron chi connectivity index (χ0n) is 26.4. The Balaban J connectivity index is 0.000000240. The first-order valence-electron chi connectivity index (χ1n) is 15.4. The Hall–Kier alpha value is -2.89. The summed E-state index contributed by atoms with van der Waals surface area (Å²) in [7, 11) is 0. The topological polar surface area (TPSA) is 66.4 Å². The Morgan fingerprint density at radius 3 is 1.59 bits per heavy atom. The molecule has 9 heteroatoms. The highest BCUT2D eigenvalue weighted by molar-refractivity contribution is 14.1. The summed E-state index contributed by atoms with van der Waals surface area (Å²) in [5, 5.41) is 0.844. The number of Topliss-reactive ketones (excluding diaryl/α,β-unsaturated/α-hetero) is 2. The first kappa shape index (κ1) is 35.6. The van der Waals surface area contributed by atoms with Crippen molar-refractivity contribution in [1.29, 1.82) is 0 Å². The molecule has 0 radical (unpaired) electrons. The van der Waals surface area contributed by atoms with Crippen molar-refractivity contribution in [1.82, 2.24) is 19.8 Å². The van der Waals surface area contributed by atoms with E-state index in [1.165, 1.54) is 24.5 Å². The monoisotopic (exact) mass is 714 g/mol. The van der Waals surface area contributed by atoms with Crippen molar-refractivity contribution in [2.24, 2.45) is 0 Å². The second-order valence-electron chi connectivity index (χ2n) is 10.8. The molecule has 6 nitrogen and oxygen atoms in total. The zero-order chi connectivity index (χ0) is 32.2. The fourth-order valence-corrected chi connectivity index (χ4v) is 5.88. The number of aromatic nitrogens is 2. The summed E-state index contributed by atoms with van der Waals surface area (Å²) in [6, 6.07) is 9.74. The molecule has 2 aromatic heterocycles. The molecule has 0 saturated carbocycles. The smallest absolute Gasteiger partial charge is 0.165 e. The van der Waals surface area contributed by atoms with Gasteiger partial charge in [0.1, 0.15) is 11.6 Å². The van der Waals surface area contributed by atoms with E-state index in [1.54, 1.807) is 18.2 Å². The molecule has 0 bridgehead atoms. The Morgan fingerprint density at radius 1 is 0.705 bits per heavy atom. The van der Waals surface area contributed by atoms with Crippen LogP contribution in [0.3, 0.4) is 0 Å². The highest BCUT2D eigenvalue weighted by Gasteiger charge is 2.16. The molecule has 2 aromatic carbocycles. The third-order valence-corrected chi connectivity index (χ3v) is 8.46. The zero-order valence-corrected chi connectivity index (χ0v) is 28.6. The Kier molecular flexibility index (Phi) is 14.2. The molecular weight excluding hydrogens is 671 g/mol. The van der Waals surface area contributed by atoms with Crippen molar-refractivity contribution in [3.05, 3.63) is 80.7 Å². The lowest BCUT2D eigenvalue weighted by molar-refractivity contribution is 0.0968. The summed E-state index contributed by atoms with van der Waals surface area (Å²) in [6.45, 7) is 16.1. The number of hydrogen-bond acceptors (Lipinski definition) is 6. The van der Waals surface area contributed by atoms with Crippen molar-refractivity contribution in [2.75, 3.05) is 39.3 Å². The van der Waals surface area contributed by atoms with Gasteiger partial charge in [-0.05, 0) is 124 Å². The van der Waals surface area contributed by atoms with Crippen molar-refractivity contribution in [3.8, 4) is 0 Å². The minimum absolute atomic E-state index is 0.0359. The van der Waals surface area contributed by atoms with Gasteiger partial charge in [0, 0.05) is 50.7 Å². The van der Waals surface area contributed by atoms with Crippen LogP contribution in [0.4, 0.5) is 8.78 Å². The van der Waals surface area contributed by atoms with Crippen LogP contribution in [0.2, 0.25) is 0 Å². The van der Waals surface area contributed by atoms with Gasteiger partial charge in [-0.1, -0.05) is 27.7 Å². The van der Waals surface area contributed by atoms with Crippen LogP contribution in [-0.2, 0) is 0 Å². The van der Waals surface area contributed by atoms with Crippen LogP contribution in [0.5, 0.6) is 0 Å². The molecule has 0 saturated heterocycles. The maximum atomic E-state index is 13.9. The molecule has 4 aromatic rings. The van der Waals surface area contributed by atoms with Gasteiger partial charge in [0.15, 0.2) is 11.6 Å². The molecule has 0 amide bonds. The van der Waals surface area contributed by atoms with E-state index in [0.717, 1.165) is 61.2 Å². The van der Waals surface area contributed by atoms with Crippen LogP contribution in [0, 0.1) is 22.1 Å². The Morgan fingerprint density at radius 2 is 1.14 bits per heavy atom.